The first-order chi connectivity index (χ1) is 13.3. The molecule has 0 atom stereocenters. The van der Waals surface area contributed by atoms with Crippen LogP contribution in [0, 0.1) is 5.82 Å². The van der Waals surface area contributed by atoms with Gasteiger partial charge in [-0.1, -0.05) is 35.9 Å². The van der Waals surface area contributed by atoms with Gasteiger partial charge >= 0.3 is 5.97 Å². The van der Waals surface area contributed by atoms with Crippen LogP contribution in [-0.2, 0) is 30.9 Å². The van der Waals surface area contributed by atoms with E-state index in [1.165, 1.54) is 42.5 Å². The summed E-state index contributed by atoms with van der Waals surface area (Å²) in [5.41, 5.74) is 0.303. The number of carbonyl (C=O) groups is 2. The second-order valence-corrected chi connectivity index (χ2v) is 7.84. The van der Waals surface area contributed by atoms with Gasteiger partial charge in [0, 0.05) is 23.7 Å². The van der Waals surface area contributed by atoms with E-state index in [0.717, 1.165) is 0 Å². The number of ether oxygens (including phenoxy) is 1. The molecule has 7 nitrogen and oxygen atoms in total. The maximum Gasteiger partial charge on any atom is 0.307 e. The molecule has 0 saturated carbocycles. The number of carbonyl (C=O) groups excluding carboxylic acids is 2. The van der Waals surface area contributed by atoms with Crippen molar-refractivity contribution in [3.05, 3.63) is 64.9 Å². The first kappa shape index (κ1) is 21.8. The highest BCUT2D eigenvalue weighted by molar-refractivity contribution is 7.89. The van der Waals surface area contributed by atoms with Gasteiger partial charge in [-0.25, -0.2) is 17.5 Å². The minimum Gasteiger partial charge on any atom is -0.456 e. The number of sulfonamides is 1. The van der Waals surface area contributed by atoms with E-state index in [1.807, 2.05) is 0 Å². The molecule has 0 fully saturated rings. The molecule has 0 bridgehead atoms. The lowest BCUT2D eigenvalue weighted by atomic mass is 10.2. The lowest BCUT2D eigenvalue weighted by molar-refractivity contribution is -0.148. The highest BCUT2D eigenvalue weighted by atomic mass is 35.5. The zero-order valence-electron chi connectivity index (χ0n) is 14.7. The van der Waals surface area contributed by atoms with Gasteiger partial charge in [-0.3, -0.25) is 9.59 Å². The fourth-order valence-electron chi connectivity index (χ4n) is 2.11. The van der Waals surface area contributed by atoms with E-state index in [4.69, 9.17) is 16.3 Å². The van der Waals surface area contributed by atoms with Crippen LogP contribution in [-0.4, -0.2) is 33.4 Å². The van der Waals surface area contributed by atoms with Crippen LogP contribution in [0.15, 0.2) is 53.4 Å². The summed E-state index contributed by atoms with van der Waals surface area (Å²) < 4.78 is 44.6. The molecule has 0 aliphatic carbocycles. The third kappa shape index (κ3) is 6.91. The Morgan fingerprint density at radius 1 is 1.11 bits per heavy atom. The largest absolute Gasteiger partial charge is 0.456 e. The third-order valence-corrected chi connectivity index (χ3v) is 5.22. The van der Waals surface area contributed by atoms with Crippen LogP contribution in [0.4, 0.5) is 4.39 Å². The van der Waals surface area contributed by atoms with Gasteiger partial charge in [-0.15, -0.1) is 0 Å². The van der Waals surface area contributed by atoms with E-state index < -0.39 is 34.3 Å². The molecule has 0 aliphatic rings. The summed E-state index contributed by atoms with van der Waals surface area (Å²) in [5, 5.41) is 2.69. The molecule has 2 aromatic rings. The van der Waals surface area contributed by atoms with Crippen LogP contribution < -0.4 is 10.0 Å². The van der Waals surface area contributed by atoms with E-state index >= 15 is 0 Å². The number of hydrogen-bond donors (Lipinski definition) is 2. The van der Waals surface area contributed by atoms with Gasteiger partial charge in [0.2, 0.25) is 10.0 Å². The number of benzene rings is 2. The Hall–Kier alpha value is -2.49. The summed E-state index contributed by atoms with van der Waals surface area (Å²) in [6.45, 7) is -0.790. The van der Waals surface area contributed by atoms with E-state index in [1.54, 1.807) is 6.07 Å². The van der Waals surface area contributed by atoms with Crippen molar-refractivity contribution >= 4 is 33.5 Å². The highest BCUT2D eigenvalue weighted by Crippen LogP contribution is 2.15. The lowest BCUT2D eigenvalue weighted by Gasteiger charge is -2.08. The van der Waals surface area contributed by atoms with Gasteiger partial charge in [0.1, 0.15) is 5.82 Å². The average molecular weight is 429 g/mol. The van der Waals surface area contributed by atoms with Crippen LogP contribution in [0.5, 0.6) is 0 Å². The van der Waals surface area contributed by atoms with Crippen molar-refractivity contribution in [1.82, 2.24) is 10.0 Å². The molecule has 0 spiro atoms. The van der Waals surface area contributed by atoms with Crippen molar-refractivity contribution in [2.24, 2.45) is 0 Å². The molecule has 10 heteroatoms. The van der Waals surface area contributed by atoms with E-state index in [2.05, 4.69) is 10.0 Å². The van der Waals surface area contributed by atoms with Gasteiger partial charge in [0.05, 0.1) is 11.3 Å². The molecule has 0 heterocycles. The Labute approximate surface area is 166 Å². The lowest BCUT2D eigenvalue weighted by Crippen LogP contribution is -2.30. The predicted octanol–water partition coefficient (Wildman–Crippen LogP) is 2.01. The van der Waals surface area contributed by atoms with Gasteiger partial charge in [0.25, 0.3) is 5.91 Å². The number of hydrogen-bond acceptors (Lipinski definition) is 5. The molecule has 0 radical (unpaired) electrons. The van der Waals surface area contributed by atoms with Gasteiger partial charge in [-0.2, -0.15) is 0 Å². The van der Waals surface area contributed by atoms with Gasteiger partial charge in [-0.05, 0) is 24.3 Å². The van der Waals surface area contributed by atoms with Crippen molar-refractivity contribution in [3.63, 3.8) is 0 Å². The smallest absolute Gasteiger partial charge is 0.307 e. The number of rotatable bonds is 9. The molecule has 0 aliphatic heterocycles. The maximum atomic E-state index is 13.4. The molecule has 1 amide bonds. The topological polar surface area (TPSA) is 102 Å². The summed E-state index contributed by atoms with van der Waals surface area (Å²) in [5.74, 6) is -1.81. The Morgan fingerprint density at radius 3 is 2.57 bits per heavy atom. The minimum absolute atomic E-state index is 0.0270. The predicted molar refractivity (Wildman–Crippen MR) is 100 cm³/mol. The third-order valence-electron chi connectivity index (χ3n) is 3.53. The first-order valence-electron chi connectivity index (χ1n) is 8.19. The number of amides is 1. The Morgan fingerprint density at radius 2 is 1.86 bits per heavy atom. The number of nitrogens with one attached hydrogen (secondary N) is 2. The van der Waals surface area contributed by atoms with Crippen LogP contribution in [0.2, 0.25) is 5.02 Å². The molecule has 150 valence electrons. The summed E-state index contributed by atoms with van der Waals surface area (Å²) in [6, 6.07) is 11.6. The fraction of sp³-hybridized carbons (Fsp3) is 0.222. The Kier molecular flexibility index (Phi) is 7.91. The Bertz CT molecular complexity index is 952. The number of esters is 1. The van der Waals surface area contributed by atoms with E-state index in [9.17, 15) is 22.4 Å². The van der Waals surface area contributed by atoms with Crippen molar-refractivity contribution in [2.75, 3.05) is 13.2 Å². The second kappa shape index (κ2) is 10.2. The standard InChI is InChI=1S/C18H18ClFN2O5S/c19-14-5-3-6-15(10-14)28(25,26)22-9-8-18(24)27-12-17(23)21-11-13-4-1-2-7-16(13)20/h1-7,10,22H,8-9,11-12H2,(H,21,23). The molecule has 0 aromatic heterocycles. The van der Waals surface area contributed by atoms with Crippen molar-refractivity contribution in [3.8, 4) is 0 Å². The first-order valence-corrected chi connectivity index (χ1v) is 10.0. The van der Waals surface area contributed by atoms with Gasteiger partial charge in [0.15, 0.2) is 6.61 Å². The number of halogens is 2. The zero-order valence-corrected chi connectivity index (χ0v) is 16.2. The highest BCUT2D eigenvalue weighted by Gasteiger charge is 2.15. The maximum absolute atomic E-state index is 13.4. The van der Waals surface area contributed by atoms with Crippen LogP contribution in [0.25, 0.3) is 0 Å². The minimum atomic E-state index is -3.81. The summed E-state index contributed by atoms with van der Waals surface area (Å²) >= 11 is 5.75. The Balaban J connectivity index is 1.69. The van der Waals surface area contributed by atoms with Crippen molar-refractivity contribution < 1.29 is 27.1 Å². The summed E-state index contributed by atoms with van der Waals surface area (Å²) in [4.78, 5) is 23.3. The molecule has 2 rings (SSSR count). The van der Waals surface area contributed by atoms with Crippen LogP contribution in [0.3, 0.4) is 0 Å². The van der Waals surface area contributed by atoms with E-state index in [0.29, 0.717) is 5.56 Å². The molecule has 0 saturated heterocycles. The molecular weight excluding hydrogens is 411 g/mol. The average Bonchev–Trinajstić information content (AvgIpc) is 2.65. The normalized spacial score (nSPS) is 11.1. The van der Waals surface area contributed by atoms with Crippen LogP contribution >= 0.6 is 11.6 Å². The molecular formula is C18H18ClFN2O5S. The monoisotopic (exact) mass is 428 g/mol. The van der Waals surface area contributed by atoms with E-state index in [-0.39, 0.29) is 29.4 Å². The molecule has 2 N–H and O–H groups in total. The SMILES string of the molecule is O=C(COC(=O)CCNS(=O)(=O)c1cccc(Cl)c1)NCc1ccccc1F. The van der Waals surface area contributed by atoms with Crippen molar-refractivity contribution in [2.45, 2.75) is 17.9 Å². The molecule has 2 aromatic carbocycles. The fourth-order valence-corrected chi connectivity index (χ4v) is 3.44. The summed E-state index contributed by atoms with van der Waals surface area (Å²) in [6.07, 6.45) is -0.264. The molecule has 0 unspecified atom stereocenters. The molecule has 28 heavy (non-hydrogen) atoms. The van der Waals surface area contributed by atoms with Crippen LogP contribution in [0.1, 0.15) is 12.0 Å². The zero-order chi connectivity index (χ0) is 20.6. The second-order valence-electron chi connectivity index (χ2n) is 5.63. The quantitative estimate of drug-likeness (QED) is 0.595. The summed E-state index contributed by atoms with van der Waals surface area (Å²) in [7, 11) is -3.81. The van der Waals surface area contributed by atoms with Gasteiger partial charge < -0.3 is 10.1 Å². The van der Waals surface area contributed by atoms with Crippen molar-refractivity contribution in [1.29, 1.82) is 0 Å².